The molecule has 0 spiro atoms. The number of pyridine rings is 1. The van der Waals surface area contributed by atoms with Crippen molar-refractivity contribution in [2.24, 2.45) is 0 Å². The van der Waals surface area contributed by atoms with Crippen LogP contribution in [-0.4, -0.2) is 29.5 Å². The Kier molecular flexibility index (Phi) is 4.91. The van der Waals surface area contributed by atoms with Gasteiger partial charge < -0.3 is 5.32 Å². The summed E-state index contributed by atoms with van der Waals surface area (Å²) < 4.78 is 1.07. The van der Waals surface area contributed by atoms with Crippen molar-refractivity contribution in [1.29, 1.82) is 0 Å². The number of benzene rings is 1. The molecule has 5 heteroatoms. The van der Waals surface area contributed by atoms with Crippen LogP contribution in [0.1, 0.15) is 17.2 Å². The van der Waals surface area contributed by atoms with Gasteiger partial charge in [-0.25, -0.2) is 0 Å². The van der Waals surface area contributed by atoms with Gasteiger partial charge in [-0.3, -0.25) is 9.88 Å². The quantitative estimate of drug-likeness (QED) is 0.899. The second-order valence-corrected chi connectivity index (χ2v) is 6.50. The van der Waals surface area contributed by atoms with E-state index in [4.69, 9.17) is 11.6 Å². The van der Waals surface area contributed by atoms with Crippen molar-refractivity contribution in [2.75, 3.05) is 19.6 Å². The largest absolute Gasteiger partial charge is 0.314 e. The molecule has 0 amide bonds. The van der Waals surface area contributed by atoms with Gasteiger partial charge in [-0.15, -0.1) is 0 Å². The molecule has 3 rings (SSSR count). The van der Waals surface area contributed by atoms with Crippen LogP contribution < -0.4 is 5.32 Å². The second-order valence-electron chi connectivity index (χ2n) is 5.21. The fraction of sp³-hybridized carbons (Fsp3) is 0.312. The molecule has 0 aliphatic carbocycles. The number of hydrogen-bond acceptors (Lipinski definition) is 3. The Morgan fingerprint density at radius 2 is 2.10 bits per heavy atom. The average molecular weight is 367 g/mol. The van der Waals surface area contributed by atoms with Crippen molar-refractivity contribution in [1.82, 2.24) is 15.2 Å². The van der Waals surface area contributed by atoms with Crippen molar-refractivity contribution in [2.45, 2.75) is 12.6 Å². The molecule has 0 saturated carbocycles. The SMILES string of the molecule is Clc1ccc(CN2CCNCC2c2ccncc2)c(Br)c1. The van der Waals surface area contributed by atoms with E-state index >= 15 is 0 Å². The van der Waals surface area contributed by atoms with E-state index in [2.05, 4.69) is 49.3 Å². The van der Waals surface area contributed by atoms with Crippen molar-refractivity contribution in [3.8, 4) is 0 Å². The Labute approximate surface area is 138 Å². The molecule has 2 aromatic rings. The molecule has 1 unspecified atom stereocenters. The summed E-state index contributed by atoms with van der Waals surface area (Å²) in [5.74, 6) is 0. The Hall–Kier alpha value is -0.940. The third kappa shape index (κ3) is 3.64. The number of nitrogens with one attached hydrogen (secondary N) is 1. The zero-order chi connectivity index (χ0) is 14.7. The third-order valence-electron chi connectivity index (χ3n) is 3.83. The first kappa shape index (κ1) is 15.0. The average Bonchev–Trinajstić information content (AvgIpc) is 2.51. The van der Waals surface area contributed by atoms with Gasteiger partial charge in [0.25, 0.3) is 0 Å². The van der Waals surface area contributed by atoms with Gasteiger partial charge in [0.15, 0.2) is 0 Å². The Morgan fingerprint density at radius 3 is 2.86 bits per heavy atom. The van der Waals surface area contributed by atoms with Crippen LogP contribution in [0.5, 0.6) is 0 Å². The van der Waals surface area contributed by atoms with Gasteiger partial charge in [-0.1, -0.05) is 33.6 Å². The lowest BCUT2D eigenvalue weighted by Gasteiger charge is -2.36. The fourth-order valence-corrected chi connectivity index (χ4v) is 3.53. The lowest BCUT2D eigenvalue weighted by Crippen LogP contribution is -2.45. The van der Waals surface area contributed by atoms with E-state index in [9.17, 15) is 0 Å². The molecule has 0 radical (unpaired) electrons. The van der Waals surface area contributed by atoms with Gasteiger partial charge in [0.05, 0.1) is 0 Å². The van der Waals surface area contributed by atoms with Crippen LogP contribution in [0.15, 0.2) is 47.2 Å². The second kappa shape index (κ2) is 6.88. The Morgan fingerprint density at radius 1 is 1.29 bits per heavy atom. The maximum atomic E-state index is 6.02. The van der Waals surface area contributed by atoms with Crippen LogP contribution in [0.3, 0.4) is 0 Å². The number of halogens is 2. The zero-order valence-electron chi connectivity index (χ0n) is 11.6. The molecule has 2 heterocycles. The first-order chi connectivity index (χ1) is 10.2. The molecular formula is C16H17BrClN3. The van der Waals surface area contributed by atoms with Crippen LogP contribution in [0.4, 0.5) is 0 Å². The minimum absolute atomic E-state index is 0.379. The highest BCUT2D eigenvalue weighted by Gasteiger charge is 2.24. The van der Waals surface area contributed by atoms with Gasteiger partial charge in [0.2, 0.25) is 0 Å². The minimum Gasteiger partial charge on any atom is -0.314 e. The molecule has 1 aromatic carbocycles. The predicted octanol–water partition coefficient (Wildman–Crippen LogP) is 3.64. The molecule has 110 valence electrons. The van der Waals surface area contributed by atoms with Crippen LogP contribution in [0.25, 0.3) is 0 Å². The third-order valence-corrected chi connectivity index (χ3v) is 4.81. The monoisotopic (exact) mass is 365 g/mol. The van der Waals surface area contributed by atoms with E-state index < -0.39 is 0 Å². The topological polar surface area (TPSA) is 28.2 Å². The van der Waals surface area contributed by atoms with Crippen LogP contribution >= 0.6 is 27.5 Å². The minimum atomic E-state index is 0.379. The maximum Gasteiger partial charge on any atom is 0.0477 e. The number of rotatable bonds is 3. The van der Waals surface area contributed by atoms with Crippen molar-refractivity contribution < 1.29 is 0 Å². The maximum absolute atomic E-state index is 6.02. The summed E-state index contributed by atoms with van der Waals surface area (Å²) in [6.07, 6.45) is 3.72. The number of aromatic nitrogens is 1. The highest BCUT2D eigenvalue weighted by Crippen LogP contribution is 2.27. The van der Waals surface area contributed by atoms with Gasteiger partial charge in [-0.05, 0) is 35.4 Å². The molecule has 3 nitrogen and oxygen atoms in total. The zero-order valence-corrected chi connectivity index (χ0v) is 13.9. The fourth-order valence-electron chi connectivity index (χ4n) is 2.72. The molecule has 1 atom stereocenters. The first-order valence-electron chi connectivity index (χ1n) is 7.02. The molecule has 1 N–H and O–H groups in total. The Balaban J connectivity index is 1.81. The number of piperazine rings is 1. The van der Waals surface area contributed by atoms with E-state index in [-0.39, 0.29) is 0 Å². The summed E-state index contributed by atoms with van der Waals surface area (Å²) in [5, 5.41) is 4.24. The van der Waals surface area contributed by atoms with E-state index in [0.29, 0.717) is 6.04 Å². The standard InChI is InChI=1S/C16H17BrClN3/c17-15-9-14(18)2-1-13(15)11-21-8-7-20-10-16(21)12-3-5-19-6-4-12/h1-6,9,16,20H,7-8,10-11H2. The summed E-state index contributed by atoms with van der Waals surface area (Å²) in [5.41, 5.74) is 2.57. The van der Waals surface area contributed by atoms with Crippen LogP contribution in [0.2, 0.25) is 5.02 Å². The van der Waals surface area contributed by atoms with Gasteiger partial charge in [0.1, 0.15) is 0 Å². The van der Waals surface area contributed by atoms with Crippen LogP contribution in [0, 0.1) is 0 Å². The molecule has 1 fully saturated rings. The molecule has 1 saturated heterocycles. The van der Waals surface area contributed by atoms with Crippen molar-refractivity contribution in [3.05, 3.63) is 63.3 Å². The molecular weight excluding hydrogens is 350 g/mol. The lowest BCUT2D eigenvalue weighted by atomic mass is 10.0. The summed E-state index contributed by atoms with van der Waals surface area (Å²) in [6.45, 7) is 3.93. The molecule has 1 aliphatic rings. The molecule has 0 bridgehead atoms. The number of hydrogen-bond donors (Lipinski definition) is 1. The highest BCUT2D eigenvalue weighted by atomic mass is 79.9. The molecule has 1 aliphatic heterocycles. The smallest absolute Gasteiger partial charge is 0.0477 e. The summed E-state index contributed by atoms with van der Waals surface area (Å²) in [4.78, 5) is 6.61. The van der Waals surface area contributed by atoms with Gasteiger partial charge >= 0.3 is 0 Å². The normalized spacial score (nSPS) is 19.6. The lowest BCUT2D eigenvalue weighted by molar-refractivity contribution is 0.153. The predicted molar refractivity (Wildman–Crippen MR) is 89.4 cm³/mol. The van der Waals surface area contributed by atoms with Crippen molar-refractivity contribution >= 4 is 27.5 Å². The van der Waals surface area contributed by atoms with Crippen LogP contribution in [-0.2, 0) is 6.54 Å². The number of nitrogens with zero attached hydrogens (tertiary/aromatic N) is 2. The van der Waals surface area contributed by atoms with E-state index in [1.165, 1.54) is 11.1 Å². The van der Waals surface area contributed by atoms with E-state index in [1.807, 2.05) is 24.5 Å². The summed E-state index contributed by atoms with van der Waals surface area (Å²) in [6, 6.07) is 10.6. The molecule has 1 aromatic heterocycles. The van der Waals surface area contributed by atoms with Crippen molar-refractivity contribution in [3.63, 3.8) is 0 Å². The Bertz CT molecular complexity index is 606. The van der Waals surface area contributed by atoms with Gasteiger partial charge in [0, 0.05) is 54.1 Å². The summed E-state index contributed by atoms with van der Waals surface area (Å²) >= 11 is 9.64. The highest BCUT2D eigenvalue weighted by molar-refractivity contribution is 9.10. The van der Waals surface area contributed by atoms with E-state index in [1.54, 1.807) is 0 Å². The molecule has 21 heavy (non-hydrogen) atoms. The first-order valence-corrected chi connectivity index (χ1v) is 8.20. The van der Waals surface area contributed by atoms with E-state index in [0.717, 1.165) is 35.7 Å². The van der Waals surface area contributed by atoms with Gasteiger partial charge in [-0.2, -0.15) is 0 Å². The summed E-state index contributed by atoms with van der Waals surface area (Å²) in [7, 11) is 0.